The van der Waals surface area contributed by atoms with Crippen LogP contribution in [0.3, 0.4) is 0 Å². The van der Waals surface area contributed by atoms with Crippen molar-refractivity contribution < 1.29 is 32.9 Å². The maximum absolute atomic E-state index is 13.7. The van der Waals surface area contributed by atoms with Crippen molar-refractivity contribution in [1.82, 2.24) is 0 Å². The van der Waals surface area contributed by atoms with Crippen LogP contribution in [0.5, 0.6) is 17.2 Å². The average molecular weight is 490 g/mol. The van der Waals surface area contributed by atoms with Gasteiger partial charge in [-0.05, 0) is 55.0 Å². The van der Waals surface area contributed by atoms with Gasteiger partial charge in [-0.15, -0.1) is 0 Å². The minimum Gasteiger partial charge on any atom is -0.493 e. The molecule has 4 rings (SSSR count). The number of para-hydroxylation sites is 2. The summed E-state index contributed by atoms with van der Waals surface area (Å²) >= 11 is 0. The lowest BCUT2D eigenvalue weighted by Gasteiger charge is -2.12. The summed E-state index contributed by atoms with van der Waals surface area (Å²) < 4.78 is 35.6. The quantitative estimate of drug-likeness (QED) is 0.348. The predicted octanol–water partition coefficient (Wildman–Crippen LogP) is 4.60. The number of carbonyl (C=O) groups excluding carboxylic acids is 2. The molecule has 0 bridgehead atoms. The normalized spacial score (nSPS) is 13.7. The third-order valence-electron chi connectivity index (χ3n) is 5.04. The number of nitrogens with zero attached hydrogens (tertiary/aromatic N) is 1. The summed E-state index contributed by atoms with van der Waals surface area (Å²) in [5.74, 6) is -0.319. The molecule has 0 spiro atoms. The molecule has 0 atom stereocenters. The maximum Gasteiger partial charge on any atom is 0.363 e. The van der Waals surface area contributed by atoms with Crippen molar-refractivity contribution in [2.45, 2.75) is 6.92 Å². The number of carbonyl (C=O) groups is 2. The summed E-state index contributed by atoms with van der Waals surface area (Å²) in [7, 11) is 1.45. The molecule has 3 aromatic carbocycles. The first-order valence-corrected chi connectivity index (χ1v) is 11.1. The summed E-state index contributed by atoms with van der Waals surface area (Å²) in [5, 5.41) is 2.45. The predicted molar refractivity (Wildman–Crippen MR) is 132 cm³/mol. The molecule has 0 fully saturated rings. The first-order chi connectivity index (χ1) is 17.5. The molecule has 0 aromatic heterocycles. The summed E-state index contributed by atoms with van der Waals surface area (Å²) in [6.07, 6.45) is 1.55. The molecule has 1 heterocycles. The number of amides is 1. The number of hydrogen-bond acceptors (Lipinski definition) is 7. The minimum atomic E-state index is -0.597. The summed E-state index contributed by atoms with van der Waals surface area (Å²) in [4.78, 5) is 28.9. The highest BCUT2D eigenvalue weighted by Crippen LogP contribution is 2.30. The third-order valence-corrected chi connectivity index (χ3v) is 5.04. The van der Waals surface area contributed by atoms with Crippen LogP contribution in [-0.4, -0.2) is 38.1 Å². The van der Waals surface area contributed by atoms with E-state index in [9.17, 15) is 14.0 Å². The number of nitrogens with one attached hydrogen (secondary N) is 1. The Morgan fingerprint density at radius 3 is 2.58 bits per heavy atom. The van der Waals surface area contributed by atoms with Gasteiger partial charge in [0.15, 0.2) is 23.8 Å². The van der Waals surface area contributed by atoms with Gasteiger partial charge >= 0.3 is 5.97 Å². The highest BCUT2D eigenvalue weighted by atomic mass is 19.1. The van der Waals surface area contributed by atoms with E-state index in [0.717, 1.165) is 0 Å². The molecule has 1 amide bonds. The van der Waals surface area contributed by atoms with Gasteiger partial charge in [0.05, 0.1) is 25.0 Å². The van der Waals surface area contributed by atoms with Crippen molar-refractivity contribution in [3.05, 3.63) is 89.4 Å². The van der Waals surface area contributed by atoms with Gasteiger partial charge in [-0.1, -0.05) is 30.3 Å². The average Bonchev–Trinajstić information content (AvgIpc) is 3.24. The lowest BCUT2D eigenvalue weighted by Crippen LogP contribution is -2.20. The number of aliphatic imine (C=N–C) groups is 1. The molecule has 184 valence electrons. The van der Waals surface area contributed by atoms with Crippen LogP contribution < -0.4 is 19.5 Å². The van der Waals surface area contributed by atoms with Crippen LogP contribution in [0.2, 0.25) is 0 Å². The Bertz CT molecular complexity index is 1350. The minimum absolute atomic E-state index is 0.0623. The summed E-state index contributed by atoms with van der Waals surface area (Å²) in [5.41, 5.74) is 1.35. The standard InChI is InChI=1S/C27H23FN2O6/c1-3-34-22-11-7-4-8-18(22)26-30-21(27(32)36-26)14-17-12-13-23(24(15-17)33-2)35-16-25(31)29-20-10-6-5-9-19(20)28/h4-15H,3,16H2,1-2H3,(H,29,31)/b21-14+. The molecule has 1 N–H and O–H groups in total. The van der Waals surface area contributed by atoms with Crippen molar-refractivity contribution in [2.75, 3.05) is 25.6 Å². The smallest absolute Gasteiger partial charge is 0.363 e. The van der Waals surface area contributed by atoms with E-state index < -0.39 is 17.7 Å². The number of halogens is 1. The molecule has 8 nitrogen and oxygen atoms in total. The Hall–Kier alpha value is -4.66. The van der Waals surface area contributed by atoms with Crippen LogP contribution in [0.25, 0.3) is 6.08 Å². The van der Waals surface area contributed by atoms with Crippen LogP contribution in [0.4, 0.5) is 10.1 Å². The van der Waals surface area contributed by atoms with Gasteiger partial charge in [-0.2, -0.15) is 0 Å². The van der Waals surface area contributed by atoms with Gasteiger partial charge in [0, 0.05) is 0 Å². The van der Waals surface area contributed by atoms with E-state index in [4.69, 9.17) is 18.9 Å². The van der Waals surface area contributed by atoms with E-state index >= 15 is 0 Å². The number of ether oxygens (including phenoxy) is 4. The van der Waals surface area contributed by atoms with Gasteiger partial charge in [-0.3, -0.25) is 4.79 Å². The van der Waals surface area contributed by atoms with E-state index in [1.165, 1.54) is 25.3 Å². The molecular weight excluding hydrogens is 467 g/mol. The fourth-order valence-electron chi connectivity index (χ4n) is 3.39. The van der Waals surface area contributed by atoms with Crippen molar-refractivity contribution in [3.8, 4) is 17.2 Å². The highest BCUT2D eigenvalue weighted by Gasteiger charge is 2.26. The molecule has 0 saturated carbocycles. The van der Waals surface area contributed by atoms with Gasteiger partial charge < -0.3 is 24.3 Å². The Morgan fingerprint density at radius 1 is 1.03 bits per heavy atom. The van der Waals surface area contributed by atoms with Crippen molar-refractivity contribution in [1.29, 1.82) is 0 Å². The van der Waals surface area contributed by atoms with Gasteiger partial charge in [-0.25, -0.2) is 14.2 Å². The van der Waals surface area contributed by atoms with E-state index in [-0.39, 0.29) is 23.9 Å². The highest BCUT2D eigenvalue weighted by molar-refractivity contribution is 6.13. The zero-order valence-corrected chi connectivity index (χ0v) is 19.6. The summed E-state index contributed by atoms with van der Waals surface area (Å²) in [6, 6.07) is 17.9. The second-order valence-electron chi connectivity index (χ2n) is 7.49. The van der Waals surface area contributed by atoms with Crippen LogP contribution >= 0.6 is 0 Å². The lowest BCUT2D eigenvalue weighted by molar-refractivity contribution is -0.130. The molecule has 9 heteroatoms. The SMILES string of the molecule is CCOc1ccccc1C1=N/C(=C/c2ccc(OCC(=O)Nc3ccccc3F)c(OC)c2)C(=O)O1. The molecule has 0 radical (unpaired) electrons. The van der Waals surface area contributed by atoms with Crippen molar-refractivity contribution >= 4 is 29.5 Å². The number of anilines is 1. The largest absolute Gasteiger partial charge is 0.493 e. The zero-order chi connectivity index (χ0) is 25.5. The van der Waals surface area contributed by atoms with E-state index in [1.807, 2.05) is 13.0 Å². The van der Waals surface area contributed by atoms with Crippen LogP contribution in [0.1, 0.15) is 18.1 Å². The van der Waals surface area contributed by atoms with E-state index in [2.05, 4.69) is 10.3 Å². The fourth-order valence-corrected chi connectivity index (χ4v) is 3.39. The number of hydrogen-bond donors (Lipinski definition) is 1. The molecule has 1 aliphatic rings. The van der Waals surface area contributed by atoms with Gasteiger partial charge in [0.2, 0.25) is 5.90 Å². The van der Waals surface area contributed by atoms with E-state index in [1.54, 1.807) is 48.5 Å². The zero-order valence-electron chi connectivity index (χ0n) is 19.6. The fraction of sp³-hybridized carbons (Fsp3) is 0.148. The monoisotopic (exact) mass is 490 g/mol. The Balaban J connectivity index is 1.48. The lowest BCUT2D eigenvalue weighted by atomic mass is 10.1. The Labute approximate surface area is 207 Å². The number of esters is 1. The molecular formula is C27H23FN2O6. The molecule has 0 aliphatic carbocycles. The number of benzene rings is 3. The molecule has 36 heavy (non-hydrogen) atoms. The number of cyclic esters (lactones) is 1. The van der Waals surface area contributed by atoms with Gasteiger partial charge in [0.25, 0.3) is 5.91 Å². The van der Waals surface area contributed by atoms with E-state index in [0.29, 0.717) is 35.0 Å². The maximum atomic E-state index is 13.7. The molecule has 0 saturated heterocycles. The third kappa shape index (κ3) is 5.69. The Morgan fingerprint density at radius 2 is 1.81 bits per heavy atom. The van der Waals surface area contributed by atoms with Crippen LogP contribution in [0, 0.1) is 5.82 Å². The van der Waals surface area contributed by atoms with Crippen LogP contribution in [0.15, 0.2) is 77.4 Å². The summed E-state index contributed by atoms with van der Waals surface area (Å²) in [6.45, 7) is 1.96. The van der Waals surface area contributed by atoms with Crippen LogP contribution in [-0.2, 0) is 14.3 Å². The van der Waals surface area contributed by atoms with Crippen molar-refractivity contribution in [3.63, 3.8) is 0 Å². The second-order valence-corrected chi connectivity index (χ2v) is 7.49. The van der Waals surface area contributed by atoms with Gasteiger partial charge in [0.1, 0.15) is 11.6 Å². The van der Waals surface area contributed by atoms with Crippen molar-refractivity contribution in [2.24, 2.45) is 4.99 Å². The second kappa shape index (κ2) is 11.2. The first kappa shape index (κ1) is 24.5. The Kier molecular flexibility index (Phi) is 7.60. The number of methoxy groups -OCH3 is 1. The molecule has 3 aromatic rings. The first-order valence-electron chi connectivity index (χ1n) is 11.1. The molecule has 1 aliphatic heterocycles. The topological polar surface area (TPSA) is 95.5 Å². The number of rotatable bonds is 9. The molecule has 0 unspecified atom stereocenters.